The first-order valence-corrected chi connectivity index (χ1v) is 5.83. The lowest BCUT2D eigenvalue weighted by Crippen LogP contribution is -1.90. The average molecular weight is 261 g/mol. The van der Waals surface area contributed by atoms with Gasteiger partial charge in [0.2, 0.25) is 0 Å². The Morgan fingerprint density at radius 2 is 1.84 bits per heavy atom. The molecular weight excluding hydrogens is 248 g/mol. The lowest BCUT2D eigenvalue weighted by molar-refractivity contribution is 0.132. The minimum atomic E-state index is -2.47. The second-order valence-electron chi connectivity index (χ2n) is 3.96. The fourth-order valence-corrected chi connectivity index (χ4v) is 1.56. The van der Waals surface area contributed by atoms with Crippen molar-refractivity contribution >= 4 is 6.21 Å². The normalized spacial score (nSPS) is 11.1. The van der Waals surface area contributed by atoms with E-state index in [2.05, 4.69) is 5.16 Å². The van der Waals surface area contributed by atoms with Crippen LogP contribution in [0.2, 0.25) is 0 Å². The van der Waals surface area contributed by atoms with E-state index in [4.69, 9.17) is 4.84 Å². The van der Waals surface area contributed by atoms with Crippen molar-refractivity contribution in [3.05, 3.63) is 71.3 Å². The second kappa shape index (κ2) is 6.64. The van der Waals surface area contributed by atoms with Crippen molar-refractivity contribution in [1.29, 1.82) is 0 Å². The predicted molar refractivity (Wildman–Crippen MR) is 70.2 cm³/mol. The fraction of sp³-hybridized carbons (Fsp3) is 0.133. The van der Waals surface area contributed by atoms with Gasteiger partial charge in [0.05, 0.1) is 6.21 Å². The van der Waals surface area contributed by atoms with E-state index in [1.807, 2.05) is 30.3 Å². The van der Waals surface area contributed by atoms with Gasteiger partial charge in [-0.3, -0.25) is 0 Å². The van der Waals surface area contributed by atoms with E-state index in [0.29, 0.717) is 12.2 Å². The lowest BCUT2D eigenvalue weighted by Gasteiger charge is -2.01. The summed E-state index contributed by atoms with van der Waals surface area (Å²) in [6, 6.07) is 15.6. The fourth-order valence-electron chi connectivity index (χ4n) is 1.56. The van der Waals surface area contributed by atoms with Crippen molar-refractivity contribution in [2.45, 2.75) is 13.0 Å². The zero-order valence-electron chi connectivity index (χ0n) is 10.2. The molecule has 19 heavy (non-hydrogen) atoms. The van der Waals surface area contributed by atoms with Gasteiger partial charge in [-0.1, -0.05) is 53.7 Å². The van der Waals surface area contributed by atoms with Gasteiger partial charge < -0.3 is 4.84 Å². The number of halogens is 2. The molecule has 2 aromatic rings. The number of nitrogens with zero attached hydrogens (tertiary/aromatic N) is 1. The maximum Gasteiger partial charge on any atom is 0.263 e. The van der Waals surface area contributed by atoms with Crippen LogP contribution in [0.5, 0.6) is 0 Å². The van der Waals surface area contributed by atoms with E-state index in [1.54, 1.807) is 12.1 Å². The highest BCUT2D eigenvalue weighted by atomic mass is 19.3. The van der Waals surface area contributed by atoms with Gasteiger partial charge in [-0.15, -0.1) is 0 Å². The molecule has 0 spiro atoms. The van der Waals surface area contributed by atoms with Crippen LogP contribution < -0.4 is 0 Å². The topological polar surface area (TPSA) is 21.6 Å². The molecule has 0 N–H and O–H groups in total. The van der Waals surface area contributed by atoms with Crippen molar-refractivity contribution in [3.63, 3.8) is 0 Å². The molecule has 0 saturated carbocycles. The summed E-state index contributed by atoms with van der Waals surface area (Å²) < 4.78 is 25.0. The van der Waals surface area contributed by atoms with Crippen LogP contribution in [-0.4, -0.2) is 6.21 Å². The highest BCUT2D eigenvalue weighted by molar-refractivity contribution is 5.79. The van der Waals surface area contributed by atoms with E-state index >= 15 is 0 Å². The molecule has 4 heteroatoms. The van der Waals surface area contributed by atoms with Crippen LogP contribution in [0, 0.1) is 0 Å². The quantitative estimate of drug-likeness (QED) is 0.584. The molecule has 0 heterocycles. The summed E-state index contributed by atoms with van der Waals surface area (Å²) in [5, 5.41) is 3.77. The summed E-state index contributed by atoms with van der Waals surface area (Å²) in [5.41, 5.74) is 1.57. The molecule has 0 bridgehead atoms. The second-order valence-corrected chi connectivity index (χ2v) is 3.96. The third-order valence-electron chi connectivity index (χ3n) is 2.51. The SMILES string of the molecule is FC(F)c1cccc(C=NOCc2ccccc2)c1. The molecule has 0 aliphatic heterocycles. The van der Waals surface area contributed by atoms with Gasteiger partial charge in [0.15, 0.2) is 0 Å². The number of hydrogen-bond acceptors (Lipinski definition) is 2. The Bertz CT molecular complexity index is 541. The van der Waals surface area contributed by atoms with Crippen LogP contribution in [0.15, 0.2) is 59.8 Å². The van der Waals surface area contributed by atoms with Crippen LogP contribution in [-0.2, 0) is 11.4 Å². The molecule has 0 aliphatic rings. The molecule has 0 amide bonds. The molecule has 0 fully saturated rings. The zero-order chi connectivity index (χ0) is 13.5. The summed E-state index contributed by atoms with van der Waals surface area (Å²) in [7, 11) is 0. The Balaban J connectivity index is 1.90. The van der Waals surface area contributed by atoms with Gasteiger partial charge in [-0.25, -0.2) is 8.78 Å². The molecule has 0 aliphatic carbocycles. The number of hydrogen-bond donors (Lipinski definition) is 0. The molecule has 2 nitrogen and oxygen atoms in total. The number of benzene rings is 2. The Morgan fingerprint density at radius 3 is 2.58 bits per heavy atom. The predicted octanol–water partition coefficient (Wildman–Crippen LogP) is 4.17. The first-order valence-electron chi connectivity index (χ1n) is 5.83. The van der Waals surface area contributed by atoms with Crippen molar-refractivity contribution in [3.8, 4) is 0 Å². The largest absolute Gasteiger partial charge is 0.391 e. The third-order valence-corrected chi connectivity index (χ3v) is 2.51. The smallest absolute Gasteiger partial charge is 0.263 e. The first kappa shape index (κ1) is 13.2. The zero-order valence-corrected chi connectivity index (χ0v) is 10.2. The van der Waals surface area contributed by atoms with E-state index in [1.165, 1.54) is 18.3 Å². The van der Waals surface area contributed by atoms with E-state index < -0.39 is 6.43 Å². The van der Waals surface area contributed by atoms with Crippen LogP contribution in [0.4, 0.5) is 8.78 Å². The van der Waals surface area contributed by atoms with Crippen LogP contribution >= 0.6 is 0 Å². The monoisotopic (exact) mass is 261 g/mol. The maximum atomic E-state index is 12.5. The Labute approximate surface area is 110 Å². The number of oxime groups is 1. The minimum absolute atomic E-state index is 0.0213. The standard InChI is InChI=1S/C15H13F2NO/c16-15(17)14-8-4-7-13(9-14)10-18-19-11-12-5-2-1-3-6-12/h1-10,15H,11H2. The van der Waals surface area contributed by atoms with Crippen LogP contribution in [0.25, 0.3) is 0 Å². The highest BCUT2D eigenvalue weighted by Gasteiger charge is 2.05. The molecule has 0 atom stereocenters. The molecule has 98 valence electrons. The summed E-state index contributed by atoms with van der Waals surface area (Å²) in [4.78, 5) is 5.11. The molecule has 0 aromatic heterocycles. The summed E-state index contributed by atoms with van der Waals surface area (Å²) >= 11 is 0. The molecule has 2 aromatic carbocycles. The van der Waals surface area contributed by atoms with E-state index in [0.717, 1.165) is 5.56 Å². The third kappa shape index (κ3) is 4.17. The van der Waals surface area contributed by atoms with Crippen molar-refractivity contribution in [1.82, 2.24) is 0 Å². The van der Waals surface area contributed by atoms with Gasteiger partial charge >= 0.3 is 0 Å². The van der Waals surface area contributed by atoms with Gasteiger partial charge in [-0.05, 0) is 17.2 Å². The molecular formula is C15H13F2NO. The van der Waals surface area contributed by atoms with Crippen LogP contribution in [0.1, 0.15) is 23.1 Å². The molecule has 0 saturated heterocycles. The van der Waals surface area contributed by atoms with Crippen molar-refractivity contribution < 1.29 is 13.6 Å². The molecule has 0 radical (unpaired) electrons. The first-order chi connectivity index (χ1) is 9.25. The summed E-state index contributed by atoms with van der Waals surface area (Å²) in [6.45, 7) is 0.353. The van der Waals surface area contributed by atoms with Gasteiger partial charge in [0.1, 0.15) is 6.61 Å². The van der Waals surface area contributed by atoms with Gasteiger partial charge in [0.25, 0.3) is 6.43 Å². The van der Waals surface area contributed by atoms with Crippen molar-refractivity contribution in [2.75, 3.05) is 0 Å². The maximum absolute atomic E-state index is 12.5. The summed E-state index contributed by atoms with van der Waals surface area (Å²) in [6.07, 6.45) is -1.05. The van der Waals surface area contributed by atoms with Crippen LogP contribution in [0.3, 0.4) is 0 Å². The van der Waals surface area contributed by atoms with E-state index in [9.17, 15) is 8.78 Å². The Morgan fingerprint density at radius 1 is 1.05 bits per heavy atom. The van der Waals surface area contributed by atoms with E-state index in [-0.39, 0.29) is 5.56 Å². The minimum Gasteiger partial charge on any atom is -0.391 e. The Kier molecular flexibility index (Phi) is 4.61. The number of rotatable bonds is 5. The molecule has 2 rings (SSSR count). The number of alkyl halides is 2. The lowest BCUT2D eigenvalue weighted by atomic mass is 10.1. The summed E-state index contributed by atoms with van der Waals surface area (Å²) in [5.74, 6) is 0. The average Bonchev–Trinajstić information content (AvgIpc) is 2.45. The highest BCUT2D eigenvalue weighted by Crippen LogP contribution is 2.18. The van der Waals surface area contributed by atoms with Gasteiger partial charge in [-0.2, -0.15) is 0 Å². The van der Waals surface area contributed by atoms with Crippen molar-refractivity contribution in [2.24, 2.45) is 5.16 Å². The molecule has 0 unspecified atom stereocenters. The van der Waals surface area contributed by atoms with Gasteiger partial charge in [0, 0.05) is 5.56 Å². The Hall–Kier alpha value is -2.23.